The lowest BCUT2D eigenvalue weighted by molar-refractivity contribution is 0.217. The number of hydrazine groups is 1. The molecule has 0 heterocycles. The molecule has 124 valence electrons. The second-order valence-electron chi connectivity index (χ2n) is 4.35. The summed E-state index contributed by atoms with van der Waals surface area (Å²) in [4.78, 5) is 0. The van der Waals surface area contributed by atoms with Gasteiger partial charge >= 0.3 is 0 Å². The summed E-state index contributed by atoms with van der Waals surface area (Å²) in [5.41, 5.74) is 4.86. The van der Waals surface area contributed by atoms with Gasteiger partial charge in [-0.15, -0.1) is 4.78 Å². The number of hydrogen-bond acceptors (Lipinski definition) is 4. The monoisotopic (exact) mass is 381 g/mol. The Labute approximate surface area is 147 Å². The van der Waals surface area contributed by atoms with Crippen molar-refractivity contribution < 1.29 is 9.05 Å². The molecule has 1 rings (SSSR count). The molecule has 1 aromatic carbocycles. The fraction of sp³-hybridized carbons (Fsp3) is 0.462. The highest BCUT2D eigenvalue weighted by Crippen LogP contribution is 2.49. The minimum absolute atomic E-state index is 0.404. The molecule has 0 spiro atoms. The van der Waals surface area contributed by atoms with Crippen molar-refractivity contribution in [1.82, 2.24) is 10.2 Å². The smallest absolute Gasteiger partial charge is 0.281 e. The Morgan fingerprint density at radius 3 is 2.41 bits per heavy atom. The van der Waals surface area contributed by atoms with E-state index in [0.29, 0.717) is 23.3 Å². The Morgan fingerprint density at radius 1 is 1.32 bits per heavy atom. The molecule has 0 aromatic heterocycles. The van der Waals surface area contributed by atoms with E-state index in [9.17, 15) is 0 Å². The number of nitrogens with zero attached hydrogens (tertiary/aromatic N) is 1. The first-order valence-corrected chi connectivity index (χ1v) is 10.2. The number of hydrogen-bond donors (Lipinski definition) is 2. The predicted octanol–water partition coefficient (Wildman–Crippen LogP) is 4.08. The third-order valence-corrected chi connectivity index (χ3v) is 6.45. The molecule has 2 N–H and O–H groups in total. The van der Waals surface area contributed by atoms with Gasteiger partial charge in [-0.3, -0.25) is 5.43 Å². The highest BCUT2D eigenvalue weighted by Gasteiger charge is 2.25. The highest BCUT2D eigenvalue weighted by atomic mass is 35.5. The normalized spacial score (nSPS) is 11.5. The Kier molecular flexibility index (Phi) is 8.21. The van der Waals surface area contributed by atoms with Gasteiger partial charge in [-0.1, -0.05) is 11.6 Å². The van der Waals surface area contributed by atoms with E-state index in [1.54, 1.807) is 17.9 Å². The van der Waals surface area contributed by atoms with Crippen LogP contribution in [0, 0.1) is 6.92 Å². The maximum atomic E-state index is 5.94. The molecule has 22 heavy (non-hydrogen) atoms. The van der Waals surface area contributed by atoms with Crippen molar-refractivity contribution in [2.75, 3.05) is 25.6 Å². The number of thiocarbonyl (C=S) groups is 1. The molecule has 0 aliphatic carbocycles. The first kappa shape index (κ1) is 19.8. The van der Waals surface area contributed by atoms with Crippen molar-refractivity contribution in [3.63, 3.8) is 0 Å². The molecule has 0 bridgehead atoms. The molecule has 0 aliphatic heterocycles. The number of nitrogens with one attached hydrogen (secondary N) is 2. The molecular weight excluding hydrogens is 361 g/mol. The molecule has 0 saturated heterocycles. The standard InChI is InChI=1S/C13H21ClN3O2PS2/c1-5-18-20(22,19-6-2)17(4)16-13(21)15-12-8-7-11(14)9-10(12)3/h7-9H,5-6H2,1-4H3,(H2,15,16,21). The van der Waals surface area contributed by atoms with Crippen LogP contribution in [0.5, 0.6) is 0 Å². The van der Waals surface area contributed by atoms with E-state index in [0.717, 1.165) is 11.3 Å². The van der Waals surface area contributed by atoms with Crippen molar-refractivity contribution in [2.24, 2.45) is 0 Å². The zero-order valence-electron chi connectivity index (χ0n) is 13.1. The molecule has 5 nitrogen and oxygen atoms in total. The van der Waals surface area contributed by atoms with E-state index < -0.39 is 6.64 Å². The van der Waals surface area contributed by atoms with Gasteiger partial charge < -0.3 is 14.4 Å². The average molecular weight is 382 g/mol. The second kappa shape index (κ2) is 9.13. The second-order valence-corrected chi connectivity index (χ2v) is 8.64. The van der Waals surface area contributed by atoms with E-state index in [1.165, 1.54) is 0 Å². The van der Waals surface area contributed by atoms with Crippen LogP contribution in [0.2, 0.25) is 5.02 Å². The van der Waals surface area contributed by atoms with E-state index in [2.05, 4.69) is 10.7 Å². The number of anilines is 1. The Balaban J connectivity index is 2.72. The lowest BCUT2D eigenvalue weighted by Crippen LogP contribution is -2.40. The van der Waals surface area contributed by atoms with Crippen LogP contribution in [0.1, 0.15) is 19.4 Å². The van der Waals surface area contributed by atoms with Crippen molar-refractivity contribution in [3.8, 4) is 0 Å². The fourth-order valence-corrected chi connectivity index (χ4v) is 4.25. The van der Waals surface area contributed by atoms with Crippen LogP contribution in [-0.2, 0) is 20.9 Å². The summed E-state index contributed by atoms with van der Waals surface area (Å²) in [6, 6.07) is 5.53. The van der Waals surface area contributed by atoms with E-state index in [4.69, 9.17) is 44.7 Å². The fourth-order valence-electron chi connectivity index (χ4n) is 1.66. The molecule has 0 fully saturated rings. The third kappa shape index (κ3) is 5.74. The lowest BCUT2D eigenvalue weighted by atomic mass is 10.2. The number of rotatable bonds is 7. The van der Waals surface area contributed by atoms with E-state index in [1.807, 2.05) is 32.9 Å². The zero-order valence-corrected chi connectivity index (χ0v) is 16.3. The van der Waals surface area contributed by atoms with Crippen LogP contribution in [0.25, 0.3) is 0 Å². The summed E-state index contributed by atoms with van der Waals surface area (Å²) in [6.45, 7) is 4.07. The number of benzene rings is 1. The molecule has 0 radical (unpaired) electrons. The SMILES string of the molecule is CCOP(=S)(OCC)N(C)NC(=S)Nc1ccc(Cl)cc1C. The minimum atomic E-state index is -2.58. The van der Waals surface area contributed by atoms with Gasteiger partial charge in [0.25, 0.3) is 6.64 Å². The maximum absolute atomic E-state index is 5.94. The third-order valence-electron chi connectivity index (χ3n) is 2.65. The van der Waals surface area contributed by atoms with Gasteiger partial charge in [-0.25, -0.2) is 0 Å². The van der Waals surface area contributed by atoms with Gasteiger partial charge in [0.05, 0.1) is 13.2 Å². The van der Waals surface area contributed by atoms with Crippen molar-refractivity contribution in [3.05, 3.63) is 28.8 Å². The first-order chi connectivity index (χ1) is 10.3. The summed E-state index contributed by atoms with van der Waals surface area (Å²) >= 11 is 16.7. The van der Waals surface area contributed by atoms with Crippen molar-refractivity contribution in [2.45, 2.75) is 20.8 Å². The number of aryl methyl sites for hydroxylation is 1. The summed E-state index contributed by atoms with van der Waals surface area (Å²) < 4.78 is 12.8. The molecule has 0 saturated carbocycles. The van der Waals surface area contributed by atoms with Crippen LogP contribution >= 0.6 is 30.5 Å². The Hall–Kier alpha value is -0.270. The first-order valence-electron chi connectivity index (χ1n) is 6.79. The summed E-state index contributed by atoms with van der Waals surface area (Å²) in [6.07, 6.45) is 0. The number of halogens is 1. The summed E-state index contributed by atoms with van der Waals surface area (Å²) in [5, 5.41) is 4.19. The summed E-state index contributed by atoms with van der Waals surface area (Å²) in [5.74, 6) is 0. The van der Waals surface area contributed by atoms with E-state index in [-0.39, 0.29) is 0 Å². The molecule has 0 unspecified atom stereocenters. The van der Waals surface area contributed by atoms with Crippen LogP contribution in [0.4, 0.5) is 5.69 Å². The molecule has 0 atom stereocenters. The summed E-state index contributed by atoms with van der Waals surface area (Å²) in [7, 11) is 1.76. The van der Waals surface area contributed by atoms with Gasteiger partial charge in [0.2, 0.25) is 0 Å². The van der Waals surface area contributed by atoms with Crippen molar-refractivity contribution in [1.29, 1.82) is 0 Å². The quantitative estimate of drug-likeness (QED) is 0.419. The zero-order chi connectivity index (χ0) is 16.8. The lowest BCUT2D eigenvalue weighted by Gasteiger charge is -2.31. The predicted molar refractivity (Wildman–Crippen MR) is 101 cm³/mol. The van der Waals surface area contributed by atoms with Gasteiger partial charge in [-0.2, -0.15) is 0 Å². The average Bonchev–Trinajstić information content (AvgIpc) is 2.42. The molecule has 0 aliphatic rings. The largest absolute Gasteiger partial charge is 0.331 e. The molecule has 1 aromatic rings. The van der Waals surface area contributed by atoms with Crippen molar-refractivity contribution >= 4 is 53.1 Å². The van der Waals surface area contributed by atoms with Gasteiger partial charge in [-0.05, 0) is 68.6 Å². The minimum Gasteiger partial charge on any atom is -0.331 e. The Morgan fingerprint density at radius 2 is 1.91 bits per heavy atom. The maximum Gasteiger partial charge on any atom is 0.281 e. The van der Waals surface area contributed by atoms with Crippen LogP contribution in [0.3, 0.4) is 0 Å². The molecular formula is C13H21ClN3O2PS2. The van der Waals surface area contributed by atoms with Gasteiger partial charge in [0, 0.05) is 17.8 Å². The van der Waals surface area contributed by atoms with Crippen LogP contribution in [0.15, 0.2) is 18.2 Å². The van der Waals surface area contributed by atoms with Gasteiger partial charge in [0.1, 0.15) is 0 Å². The molecule has 9 heteroatoms. The highest BCUT2D eigenvalue weighted by molar-refractivity contribution is 8.08. The van der Waals surface area contributed by atoms with Gasteiger partial charge in [0.15, 0.2) is 5.11 Å². The van der Waals surface area contributed by atoms with Crippen LogP contribution in [-0.4, -0.2) is 30.2 Å². The van der Waals surface area contributed by atoms with E-state index >= 15 is 0 Å². The Bertz CT molecular complexity index is 564. The topological polar surface area (TPSA) is 45.8 Å². The van der Waals surface area contributed by atoms with Crippen LogP contribution < -0.4 is 10.7 Å². The molecule has 0 amide bonds.